The van der Waals surface area contributed by atoms with Crippen LogP contribution in [0.25, 0.3) is 0 Å². The molecule has 0 spiro atoms. The first kappa shape index (κ1) is 9.48. The molecule has 0 saturated heterocycles. The summed E-state index contributed by atoms with van der Waals surface area (Å²) in [6, 6.07) is 0. The van der Waals surface area contributed by atoms with Gasteiger partial charge in [0.15, 0.2) is 0 Å². The quantitative estimate of drug-likeness (QED) is 0.523. The minimum Gasteiger partial charge on any atom is -0.0953 e. The topological polar surface area (TPSA) is 0 Å². The van der Waals surface area contributed by atoms with Crippen molar-refractivity contribution in [3.8, 4) is 0 Å². The van der Waals surface area contributed by atoms with E-state index in [1.54, 1.807) is 0 Å². The van der Waals surface area contributed by atoms with Gasteiger partial charge in [-0.05, 0) is 19.3 Å². The van der Waals surface area contributed by atoms with E-state index in [0.29, 0.717) is 5.92 Å². The van der Waals surface area contributed by atoms with Crippen LogP contribution in [0.3, 0.4) is 0 Å². The standard InChI is InChI=1S/C10H18/c1-6-7-9(4)10(5)8(2)3/h7-8H,5-6H2,1-4H3. The summed E-state index contributed by atoms with van der Waals surface area (Å²) in [6.07, 6.45) is 3.33. The average Bonchev–Trinajstić information content (AvgIpc) is 1.87. The molecule has 0 N–H and O–H groups in total. The lowest BCUT2D eigenvalue weighted by atomic mass is 9.98. The van der Waals surface area contributed by atoms with Crippen LogP contribution in [0, 0.1) is 5.92 Å². The van der Waals surface area contributed by atoms with E-state index < -0.39 is 0 Å². The SMILES string of the molecule is C=C(C(C)=CCC)C(C)C. The molecule has 0 aromatic carbocycles. The van der Waals surface area contributed by atoms with Crippen LogP contribution in [0.15, 0.2) is 23.8 Å². The maximum Gasteiger partial charge on any atom is -0.0222 e. The van der Waals surface area contributed by atoms with E-state index in [2.05, 4.69) is 40.3 Å². The van der Waals surface area contributed by atoms with Crippen LogP contribution in [0.4, 0.5) is 0 Å². The molecule has 0 amide bonds. The molecule has 0 bridgehead atoms. The number of hydrogen-bond donors (Lipinski definition) is 0. The van der Waals surface area contributed by atoms with Crippen molar-refractivity contribution in [2.24, 2.45) is 5.92 Å². The monoisotopic (exact) mass is 138 g/mol. The Kier molecular flexibility index (Phi) is 4.10. The Morgan fingerprint density at radius 2 is 2.00 bits per heavy atom. The van der Waals surface area contributed by atoms with Gasteiger partial charge in [-0.1, -0.05) is 44.6 Å². The Morgan fingerprint density at radius 1 is 1.50 bits per heavy atom. The van der Waals surface area contributed by atoms with Crippen molar-refractivity contribution in [3.63, 3.8) is 0 Å². The van der Waals surface area contributed by atoms with E-state index in [1.807, 2.05) is 0 Å². The van der Waals surface area contributed by atoms with Crippen molar-refractivity contribution in [2.75, 3.05) is 0 Å². The minimum absolute atomic E-state index is 0.586. The van der Waals surface area contributed by atoms with E-state index in [-0.39, 0.29) is 0 Å². The van der Waals surface area contributed by atoms with E-state index in [1.165, 1.54) is 11.1 Å². The predicted molar refractivity (Wildman–Crippen MR) is 48.0 cm³/mol. The van der Waals surface area contributed by atoms with Crippen molar-refractivity contribution < 1.29 is 0 Å². The minimum atomic E-state index is 0.586. The summed E-state index contributed by atoms with van der Waals surface area (Å²) in [4.78, 5) is 0. The van der Waals surface area contributed by atoms with Gasteiger partial charge in [0, 0.05) is 0 Å². The van der Waals surface area contributed by atoms with Crippen molar-refractivity contribution in [1.82, 2.24) is 0 Å². The highest BCUT2D eigenvalue weighted by atomic mass is 14.1. The Balaban J connectivity index is 4.08. The molecule has 0 aromatic rings. The maximum absolute atomic E-state index is 4.00. The van der Waals surface area contributed by atoms with Crippen molar-refractivity contribution in [1.29, 1.82) is 0 Å². The first-order valence-corrected chi connectivity index (χ1v) is 3.95. The molecule has 0 aliphatic carbocycles. The molecule has 0 saturated carbocycles. The molecular formula is C10H18. The first-order valence-electron chi connectivity index (χ1n) is 3.95. The number of allylic oxidation sites excluding steroid dienone is 3. The average molecular weight is 138 g/mol. The maximum atomic E-state index is 4.00. The molecule has 58 valence electrons. The largest absolute Gasteiger partial charge is 0.0953 e. The second kappa shape index (κ2) is 4.32. The normalized spacial score (nSPS) is 12.3. The molecule has 0 aliphatic rings. The van der Waals surface area contributed by atoms with Crippen LogP contribution < -0.4 is 0 Å². The predicted octanol–water partition coefficient (Wildman–Crippen LogP) is 3.55. The van der Waals surface area contributed by atoms with Crippen molar-refractivity contribution in [2.45, 2.75) is 34.1 Å². The van der Waals surface area contributed by atoms with Crippen LogP contribution in [0.1, 0.15) is 34.1 Å². The fraction of sp³-hybridized carbons (Fsp3) is 0.600. The molecule has 0 fully saturated rings. The zero-order valence-corrected chi connectivity index (χ0v) is 7.57. The van der Waals surface area contributed by atoms with Crippen LogP contribution in [-0.4, -0.2) is 0 Å². The molecule has 0 unspecified atom stereocenters. The van der Waals surface area contributed by atoms with Gasteiger partial charge in [-0.2, -0.15) is 0 Å². The lowest BCUT2D eigenvalue weighted by Crippen LogP contribution is -1.92. The third-order valence-electron chi connectivity index (χ3n) is 1.71. The summed E-state index contributed by atoms with van der Waals surface area (Å²) in [7, 11) is 0. The third kappa shape index (κ3) is 2.86. The van der Waals surface area contributed by atoms with Crippen LogP contribution in [0.2, 0.25) is 0 Å². The van der Waals surface area contributed by atoms with Gasteiger partial charge in [-0.25, -0.2) is 0 Å². The Hall–Kier alpha value is -0.520. The molecule has 0 atom stereocenters. The van der Waals surface area contributed by atoms with E-state index >= 15 is 0 Å². The molecule has 0 aromatic heterocycles. The fourth-order valence-corrected chi connectivity index (χ4v) is 0.893. The summed E-state index contributed by atoms with van der Waals surface area (Å²) in [6.45, 7) is 12.6. The summed E-state index contributed by atoms with van der Waals surface area (Å²) in [5.41, 5.74) is 2.61. The Bertz CT molecular complexity index is 138. The molecular weight excluding hydrogens is 120 g/mol. The Labute approximate surface area is 64.6 Å². The van der Waals surface area contributed by atoms with Gasteiger partial charge in [-0.3, -0.25) is 0 Å². The summed E-state index contributed by atoms with van der Waals surface area (Å²) >= 11 is 0. The number of rotatable bonds is 3. The summed E-state index contributed by atoms with van der Waals surface area (Å²) in [5, 5.41) is 0. The molecule has 0 heteroatoms. The van der Waals surface area contributed by atoms with Gasteiger partial charge >= 0.3 is 0 Å². The van der Waals surface area contributed by atoms with Gasteiger partial charge in [0.25, 0.3) is 0 Å². The van der Waals surface area contributed by atoms with Gasteiger partial charge in [0.2, 0.25) is 0 Å². The van der Waals surface area contributed by atoms with Gasteiger partial charge < -0.3 is 0 Å². The lowest BCUT2D eigenvalue weighted by Gasteiger charge is -2.08. The third-order valence-corrected chi connectivity index (χ3v) is 1.71. The van der Waals surface area contributed by atoms with Gasteiger partial charge in [0.1, 0.15) is 0 Å². The zero-order chi connectivity index (χ0) is 8.15. The molecule has 0 heterocycles. The number of hydrogen-bond acceptors (Lipinski definition) is 0. The van der Waals surface area contributed by atoms with Crippen LogP contribution in [-0.2, 0) is 0 Å². The summed E-state index contributed by atoms with van der Waals surface area (Å²) in [5.74, 6) is 0.586. The molecule has 0 nitrogen and oxygen atoms in total. The van der Waals surface area contributed by atoms with E-state index in [4.69, 9.17) is 0 Å². The first-order chi connectivity index (χ1) is 4.59. The van der Waals surface area contributed by atoms with Gasteiger partial charge in [-0.15, -0.1) is 0 Å². The van der Waals surface area contributed by atoms with Crippen molar-refractivity contribution in [3.05, 3.63) is 23.8 Å². The lowest BCUT2D eigenvalue weighted by molar-refractivity contribution is 0.780. The molecule has 0 aliphatic heterocycles. The van der Waals surface area contributed by atoms with E-state index in [9.17, 15) is 0 Å². The van der Waals surface area contributed by atoms with E-state index in [0.717, 1.165) is 6.42 Å². The van der Waals surface area contributed by atoms with Crippen LogP contribution in [0.5, 0.6) is 0 Å². The second-order valence-electron chi connectivity index (χ2n) is 2.98. The second-order valence-corrected chi connectivity index (χ2v) is 2.98. The van der Waals surface area contributed by atoms with Gasteiger partial charge in [0.05, 0.1) is 0 Å². The fourth-order valence-electron chi connectivity index (χ4n) is 0.893. The highest BCUT2D eigenvalue weighted by molar-refractivity contribution is 5.27. The molecule has 10 heavy (non-hydrogen) atoms. The Morgan fingerprint density at radius 3 is 2.30 bits per heavy atom. The highest BCUT2D eigenvalue weighted by Crippen LogP contribution is 2.16. The summed E-state index contributed by atoms with van der Waals surface area (Å²) < 4.78 is 0. The highest BCUT2D eigenvalue weighted by Gasteiger charge is 1.99. The molecule has 0 rings (SSSR count). The van der Waals surface area contributed by atoms with Crippen LogP contribution >= 0.6 is 0 Å². The molecule has 0 radical (unpaired) electrons. The van der Waals surface area contributed by atoms with Crippen molar-refractivity contribution >= 4 is 0 Å². The zero-order valence-electron chi connectivity index (χ0n) is 7.57. The smallest absolute Gasteiger partial charge is 0.0222 e.